The van der Waals surface area contributed by atoms with Crippen LogP contribution in [0.3, 0.4) is 0 Å². The summed E-state index contributed by atoms with van der Waals surface area (Å²) in [6.07, 6.45) is 5.67. The first-order chi connectivity index (χ1) is 12.6. The number of aromatic nitrogens is 4. The standard InChI is InChI=1S/C19H18N6O/c1-10-13-4-5-22-19(13)23-8-14(10)11-2-3-15-24-18(20)16(25(15)9-11)17(26)12-6-21-7-12/h2-5,8-9,12,21H,6-7,20H2,1H3,(H,22,23). The van der Waals surface area contributed by atoms with E-state index < -0.39 is 0 Å². The third-order valence-electron chi connectivity index (χ3n) is 5.20. The van der Waals surface area contributed by atoms with Crippen LogP contribution in [0.25, 0.3) is 27.8 Å². The van der Waals surface area contributed by atoms with Crippen molar-refractivity contribution in [2.75, 3.05) is 18.8 Å². The maximum absolute atomic E-state index is 12.8. The van der Waals surface area contributed by atoms with E-state index >= 15 is 0 Å². The first kappa shape index (κ1) is 15.1. The van der Waals surface area contributed by atoms with Crippen molar-refractivity contribution in [3.63, 3.8) is 0 Å². The van der Waals surface area contributed by atoms with E-state index in [1.54, 1.807) is 0 Å². The first-order valence-corrected chi connectivity index (χ1v) is 8.59. The molecule has 4 aromatic rings. The van der Waals surface area contributed by atoms with Crippen LogP contribution in [0, 0.1) is 12.8 Å². The summed E-state index contributed by atoms with van der Waals surface area (Å²) in [5.41, 5.74) is 11.2. The highest BCUT2D eigenvalue weighted by atomic mass is 16.1. The number of imidazole rings is 1. The summed E-state index contributed by atoms with van der Waals surface area (Å²) in [5.74, 6) is 0.303. The lowest BCUT2D eigenvalue weighted by atomic mass is 9.95. The number of nitrogens with zero attached hydrogens (tertiary/aromatic N) is 3. The van der Waals surface area contributed by atoms with Crippen molar-refractivity contribution in [2.24, 2.45) is 5.92 Å². The number of H-pyrrole nitrogens is 1. The lowest BCUT2D eigenvalue weighted by Gasteiger charge is -2.25. The predicted molar refractivity (Wildman–Crippen MR) is 100 cm³/mol. The Balaban J connectivity index is 1.69. The Bertz CT molecular complexity index is 1170. The topological polar surface area (TPSA) is 101 Å². The predicted octanol–water partition coefficient (Wildman–Crippen LogP) is 2.17. The Morgan fingerprint density at radius 1 is 1.31 bits per heavy atom. The van der Waals surface area contributed by atoms with Gasteiger partial charge in [-0.05, 0) is 30.7 Å². The van der Waals surface area contributed by atoms with Crippen LogP contribution in [0.4, 0.5) is 5.82 Å². The molecule has 7 heteroatoms. The van der Waals surface area contributed by atoms with Gasteiger partial charge in [-0.25, -0.2) is 9.97 Å². The van der Waals surface area contributed by atoms with Gasteiger partial charge in [-0.1, -0.05) is 0 Å². The molecule has 26 heavy (non-hydrogen) atoms. The third kappa shape index (κ3) is 2.07. The van der Waals surface area contributed by atoms with E-state index in [-0.39, 0.29) is 17.5 Å². The number of ketones is 1. The molecule has 4 aromatic heterocycles. The van der Waals surface area contributed by atoms with Gasteiger partial charge < -0.3 is 16.0 Å². The van der Waals surface area contributed by atoms with E-state index in [1.807, 2.05) is 41.2 Å². The fourth-order valence-electron chi connectivity index (χ4n) is 3.57. The van der Waals surface area contributed by atoms with Gasteiger partial charge in [0, 0.05) is 54.1 Å². The summed E-state index contributed by atoms with van der Waals surface area (Å²) in [5, 5.41) is 4.22. The van der Waals surface area contributed by atoms with Gasteiger partial charge in [-0.3, -0.25) is 9.20 Å². The lowest BCUT2D eigenvalue weighted by molar-refractivity contribution is 0.0873. The van der Waals surface area contributed by atoms with Crippen LogP contribution in [-0.2, 0) is 0 Å². The molecule has 1 aliphatic rings. The van der Waals surface area contributed by atoms with Crippen LogP contribution in [-0.4, -0.2) is 38.2 Å². The number of carbonyl (C=O) groups is 1. The average molecular weight is 346 g/mol. The zero-order chi connectivity index (χ0) is 17.8. The van der Waals surface area contributed by atoms with Gasteiger partial charge in [0.05, 0.1) is 0 Å². The Hall–Kier alpha value is -3.19. The molecule has 0 spiro atoms. The highest BCUT2D eigenvalue weighted by Crippen LogP contribution is 2.29. The van der Waals surface area contributed by atoms with Gasteiger partial charge in [-0.15, -0.1) is 0 Å². The van der Waals surface area contributed by atoms with Crippen molar-refractivity contribution in [1.82, 2.24) is 24.7 Å². The summed E-state index contributed by atoms with van der Waals surface area (Å²) in [6.45, 7) is 3.46. The average Bonchev–Trinajstić information content (AvgIpc) is 3.16. The molecule has 1 fully saturated rings. The molecule has 1 saturated heterocycles. The van der Waals surface area contributed by atoms with Crippen LogP contribution in [0.2, 0.25) is 0 Å². The number of hydrogen-bond donors (Lipinski definition) is 3. The zero-order valence-corrected chi connectivity index (χ0v) is 14.3. The van der Waals surface area contributed by atoms with E-state index in [4.69, 9.17) is 5.73 Å². The first-order valence-electron chi connectivity index (χ1n) is 8.59. The molecule has 1 aliphatic heterocycles. The molecule has 5 rings (SSSR count). The van der Waals surface area contributed by atoms with Gasteiger partial charge in [0.1, 0.15) is 17.0 Å². The summed E-state index contributed by atoms with van der Waals surface area (Å²) in [4.78, 5) is 24.8. The molecular weight excluding hydrogens is 328 g/mol. The number of pyridine rings is 2. The molecule has 0 radical (unpaired) electrons. The van der Waals surface area contributed by atoms with Crippen LogP contribution < -0.4 is 11.1 Å². The van der Waals surface area contributed by atoms with Crippen LogP contribution in [0.1, 0.15) is 16.1 Å². The van der Waals surface area contributed by atoms with Crippen molar-refractivity contribution in [3.8, 4) is 11.1 Å². The van der Waals surface area contributed by atoms with Crippen molar-refractivity contribution in [1.29, 1.82) is 0 Å². The molecule has 0 aromatic carbocycles. The second-order valence-electron chi connectivity index (χ2n) is 6.75. The second kappa shape index (κ2) is 5.40. The molecule has 0 amide bonds. The molecule has 0 aliphatic carbocycles. The number of rotatable bonds is 3. The maximum atomic E-state index is 12.8. The van der Waals surface area contributed by atoms with E-state index in [1.165, 1.54) is 0 Å². The summed E-state index contributed by atoms with van der Waals surface area (Å²) in [6, 6.07) is 5.90. The maximum Gasteiger partial charge on any atom is 0.189 e. The number of nitrogen functional groups attached to an aromatic ring is 1. The van der Waals surface area contributed by atoms with E-state index in [9.17, 15) is 4.79 Å². The van der Waals surface area contributed by atoms with Gasteiger partial charge in [0.15, 0.2) is 11.6 Å². The smallest absolute Gasteiger partial charge is 0.189 e. The molecular formula is C19H18N6O. The minimum absolute atomic E-state index is 0.0273. The highest BCUT2D eigenvalue weighted by molar-refractivity contribution is 6.02. The fraction of sp³-hybridized carbons (Fsp3) is 0.211. The summed E-state index contributed by atoms with van der Waals surface area (Å²) in [7, 11) is 0. The molecule has 0 bridgehead atoms. The Kier molecular flexibility index (Phi) is 3.14. The number of aryl methyl sites for hydroxylation is 1. The van der Waals surface area contributed by atoms with Crippen molar-refractivity contribution >= 4 is 28.3 Å². The van der Waals surface area contributed by atoms with Crippen LogP contribution in [0.5, 0.6) is 0 Å². The van der Waals surface area contributed by atoms with Crippen molar-refractivity contribution in [2.45, 2.75) is 6.92 Å². The number of aromatic amines is 1. The Morgan fingerprint density at radius 3 is 2.92 bits per heavy atom. The number of anilines is 1. The van der Waals surface area contributed by atoms with Crippen LogP contribution >= 0.6 is 0 Å². The molecule has 0 saturated carbocycles. The molecule has 0 unspecified atom stereocenters. The quantitative estimate of drug-likeness (QED) is 0.494. The third-order valence-corrected chi connectivity index (χ3v) is 5.20. The number of nitrogens with one attached hydrogen (secondary N) is 2. The van der Waals surface area contributed by atoms with Crippen LogP contribution in [0.15, 0.2) is 36.8 Å². The fourth-order valence-corrected chi connectivity index (χ4v) is 3.57. The minimum Gasteiger partial charge on any atom is -0.382 e. The zero-order valence-electron chi connectivity index (χ0n) is 14.3. The van der Waals surface area contributed by atoms with Gasteiger partial charge >= 0.3 is 0 Å². The number of carbonyl (C=O) groups excluding carboxylic acids is 1. The minimum atomic E-state index is -0.0273. The lowest BCUT2D eigenvalue weighted by Crippen LogP contribution is -2.46. The summed E-state index contributed by atoms with van der Waals surface area (Å²) >= 11 is 0. The van der Waals surface area contributed by atoms with E-state index in [0.717, 1.165) is 27.7 Å². The molecule has 4 N–H and O–H groups in total. The van der Waals surface area contributed by atoms with Gasteiger partial charge in [0.2, 0.25) is 0 Å². The highest BCUT2D eigenvalue weighted by Gasteiger charge is 2.30. The van der Waals surface area contributed by atoms with E-state index in [0.29, 0.717) is 24.4 Å². The van der Waals surface area contributed by atoms with Gasteiger partial charge in [-0.2, -0.15) is 0 Å². The number of Topliss-reactive ketones (excluding diaryl/α,β-unsaturated/α-hetero) is 1. The summed E-state index contributed by atoms with van der Waals surface area (Å²) < 4.78 is 1.81. The Morgan fingerprint density at radius 2 is 2.15 bits per heavy atom. The SMILES string of the molecule is Cc1c(-c2ccc3nc(N)c(C(=O)C4CNC4)n3c2)cnc2[nH]ccc12. The molecule has 130 valence electrons. The largest absolute Gasteiger partial charge is 0.382 e. The Labute approximate surface area is 149 Å². The van der Waals surface area contributed by atoms with E-state index in [2.05, 4.69) is 27.2 Å². The number of hydrogen-bond acceptors (Lipinski definition) is 5. The normalized spacial score (nSPS) is 14.8. The molecule has 5 heterocycles. The van der Waals surface area contributed by atoms with Crippen molar-refractivity contribution < 1.29 is 4.79 Å². The number of nitrogens with two attached hydrogens (primary N) is 1. The van der Waals surface area contributed by atoms with Gasteiger partial charge in [0.25, 0.3) is 0 Å². The molecule has 0 atom stereocenters. The monoisotopic (exact) mass is 346 g/mol. The van der Waals surface area contributed by atoms with Crippen molar-refractivity contribution in [3.05, 3.63) is 48.0 Å². The second-order valence-corrected chi connectivity index (χ2v) is 6.75. The number of fused-ring (bicyclic) bond motifs is 2. The molecule has 7 nitrogen and oxygen atoms in total.